The van der Waals surface area contributed by atoms with Crippen molar-refractivity contribution in [1.82, 2.24) is 5.32 Å². The maximum absolute atomic E-state index is 12.9. The van der Waals surface area contributed by atoms with Crippen LogP contribution >= 0.6 is 0 Å². The Morgan fingerprint density at radius 3 is 2.69 bits per heavy atom. The lowest BCUT2D eigenvalue weighted by Gasteiger charge is -2.57. The molecule has 0 bridgehead atoms. The number of hydrogen-bond acceptors (Lipinski definition) is 4. The molecule has 154 valence electrons. The van der Waals surface area contributed by atoms with Gasteiger partial charge in [0.05, 0.1) is 12.4 Å². The summed E-state index contributed by atoms with van der Waals surface area (Å²) in [6, 6.07) is 10.4. The summed E-state index contributed by atoms with van der Waals surface area (Å²) in [7, 11) is 0. The van der Waals surface area contributed by atoms with Gasteiger partial charge in [0.1, 0.15) is 0 Å². The quantitative estimate of drug-likeness (QED) is 0.759. The number of anilines is 1. The van der Waals surface area contributed by atoms with Gasteiger partial charge in [-0.25, -0.2) is 0 Å². The Morgan fingerprint density at radius 2 is 1.97 bits per heavy atom. The molecule has 1 heterocycles. The summed E-state index contributed by atoms with van der Waals surface area (Å²) in [5.41, 5.74) is 1.18. The Labute approximate surface area is 171 Å². The van der Waals surface area contributed by atoms with E-state index in [1.807, 2.05) is 6.92 Å². The molecule has 2 fully saturated rings. The summed E-state index contributed by atoms with van der Waals surface area (Å²) in [6.07, 6.45) is 8.45. The van der Waals surface area contributed by atoms with Crippen LogP contribution in [0.4, 0.5) is 5.69 Å². The Kier molecular flexibility index (Phi) is 5.72. The minimum absolute atomic E-state index is 0.0784. The molecule has 2 aliphatic rings. The van der Waals surface area contributed by atoms with Crippen LogP contribution in [0.1, 0.15) is 66.4 Å². The number of amides is 2. The SMILES string of the molecule is CCO[C@@H]1C[C@H](NC(=O)c2cccc(NC(=O)c3ccco3)c2)C12CCCCC2. The van der Waals surface area contributed by atoms with Gasteiger partial charge in [-0.3, -0.25) is 9.59 Å². The molecule has 2 aromatic rings. The zero-order valence-corrected chi connectivity index (χ0v) is 16.8. The highest BCUT2D eigenvalue weighted by molar-refractivity contribution is 6.03. The van der Waals surface area contributed by atoms with E-state index in [-0.39, 0.29) is 35.1 Å². The largest absolute Gasteiger partial charge is 0.459 e. The molecule has 0 saturated heterocycles. The Morgan fingerprint density at radius 1 is 1.14 bits per heavy atom. The number of benzene rings is 1. The molecule has 2 N–H and O–H groups in total. The third-order valence-corrected chi connectivity index (χ3v) is 6.37. The Hall–Kier alpha value is -2.60. The summed E-state index contributed by atoms with van der Waals surface area (Å²) < 4.78 is 11.1. The average molecular weight is 396 g/mol. The molecule has 0 unspecified atom stereocenters. The highest BCUT2D eigenvalue weighted by Gasteiger charge is 2.56. The van der Waals surface area contributed by atoms with Crippen molar-refractivity contribution in [3.05, 3.63) is 54.0 Å². The lowest BCUT2D eigenvalue weighted by Crippen LogP contribution is -2.65. The molecule has 2 amide bonds. The number of hydrogen-bond donors (Lipinski definition) is 2. The van der Waals surface area contributed by atoms with E-state index in [0.29, 0.717) is 17.9 Å². The molecule has 4 rings (SSSR count). The molecule has 1 spiro atoms. The number of carbonyl (C=O) groups is 2. The van der Waals surface area contributed by atoms with E-state index in [9.17, 15) is 9.59 Å². The predicted molar refractivity (Wildman–Crippen MR) is 110 cm³/mol. The van der Waals surface area contributed by atoms with Crippen molar-refractivity contribution in [1.29, 1.82) is 0 Å². The maximum Gasteiger partial charge on any atom is 0.291 e. The molecular formula is C23H28N2O4. The molecule has 2 atom stereocenters. The molecule has 2 aliphatic carbocycles. The zero-order chi connectivity index (χ0) is 20.3. The molecule has 6 nitrogen and oxygen atoms in total. The molecule has 6 heteroatoms. The number of ether oxygens (including phenoxy) is 1. The Balaban J connectivity index is 1.43. The van der Waals surface area contributed by atoms with Crippen LogP contribution < -0.4 is 10.6 Å². The first kappa shape index (κ1) is 19.7. The standard InChI is InChI=1S/C23H28N2O4/c1-2-28-20-15-19(23(20)11-4-3-5-12-23)25-21(26)16-8-6-9-17(14-16)24-22(27)18-10-7-13-29-18/h6-10,13-14,19-20H,2-5,11-12,15H2,1H3,(H,24,27)(H,25,26)/t19-,20+/m0/s1. The van der Waals surface area contributed by atoms with Crippen molar-refractivity contribution in [3.63, 3.8) is 0 Å². The molecular weight excluding hydrogens is 368 g/mol. The topological polar surface area (TPSA) is 80.6 Å². The lowest BCUT2D eigenvalue weighted by atomic mass is 9.55. The number of furan rings is 1. The van der Waals surface area contributed by atoms with Crippen LogP contribution in [0.3, 0.4) is 0 Å². The summed E-state index contributed by atoms with van der Waals surface area (Å²) in [5, 5.41) is 6.01. The fourth-order valence-electron chi connectivity index (χ4n) is 4.85. The van der Waals surface area contributed by atoms with Crippen LogP contribution in [0.5, 0.6) is 0 Å². The normalized spacial score (nSPS) is 22.7. The van der Waals surface area contributed by atoms with Gasteiger partial charge in [-0.2, -0.15) is 0 Å². The molecule has 2 saturated carbocycles. The van der Waals surface area contributed by atoms with Crippen LogP contribution in [0.25, 0.3) is 0 Å². The van der Waals surface area contributed by atoms with Crippen molar-refractivity contribution in [3.8, 4) is 0 Å². The molecule has 0 radical (unpaired) electrons. The first-order chi connectivity index (χ1) is 14.1. The minimum Gasteiger partial charge on any atom is -0.459 e. The van der Waals surface area contributed by atoms with E-state index < -0.39 is 0 Å². The van der Waals surface area contributed by atoms with Crippen molar-refractivity contribution in [2.75, 3.05) is 11.9 Å². The van der Waals surface area contributed by atoms with Gasteiger partial charge in [-0.1, -0.05) is 25.3 Å². The molecule has 0 aliphatic heterocycles. The van der Waals surface area contributed by atoms with Crippen LogP contribution in [0.2, 0.25) is 0 Å². The van der Waals surface area contributed by atoms with Crippen LogP contribution in [-0.2, 0) is 4.74 Å². The second kappa shape index (κ2) is 8.41. The van der Waals surface area contributed by atoms with Gasteiger partial charge in [-0.05, 0) is 56.5 Å². The second-order valence-electron chi connectivity index (χ2n) is 8.01. The monoisotopic (exact) mass is 396 g/mol. The van der Waals surface area contributed by atoms with Gasteiger partial charge >= 0.3 is 0 Å². The van der Waals surface area contributed by atoms with Gasteiger partial charge in [0.25, 0.3) is 11.8 Å². The van der Waals surface area contributed by atoms with Gasteiger partial charge < -0.3 is 19.8 Å². The second-order valence-corrected chi connectivity index (χ2v) is 8.01. The highest BCUT2D eigenvalue weighted by Crippen LogP contribution is 2.53. The maximum atomic E-state index is 12.9. The Bertz CT molecular complexity index is 856. The molecule has 29 heavy (non-hydrogen) atoms. The van der Waals surface area contributed by atoms with Crippen LogP contribution in [0, 0.1) is 5.41 Å². The molecule has 1 aromatic heterocycles. The molecule has 1 aromatic carbocycles. The minimum atomic E-state index is -0.340. The van der Waals surface area contributed by atoms with Gasteiger partial charge in [0.2, 0.25) is 0 Å². The smallest absolute Gasteiger partial charge is 0.291 e. The average Bonchev–Trinajstić information content (AvgIpc) is 3.29. The van der Waals surface area contributed by atoms with Crippen molar-refractivity contribution >= 4 is 17.5 Å². The zero-order valence-electron chi connectivity index (χ0n) is 16.8. The van der Waals surface area contributed by atoms with E-state index in [1.54, 1.807) is 36.4 Å². The van der Waals surface area contributed by atoms with Crippen molar-refractivity contribution < 1.29 is 18.7 Å². The third-order valence-electron chi connectivity index (χ3n) is 6.37. The first-order valence-electron chi connectivity index (χ1n) is 10.5. The van der Waals surface area contributed by atoms with E-state index in [2.05, 4.69) is 10.6 Å². The summed E-state index contributed by atoms with van der Waals surface area (Å²) >= 11 is 0. The van der Waals surface area contributed by atoms with E-state index in [0.717, 1.165) is 19.3 Å². The fraction of sp³-hybridized carbons (Fsp3) is 0.478. The third kappa shape index (κ3) is 3.94. The summed E-state index contributed by atoms with van der Waals surface area (Å²) in [5.74, 6) is -0.216. The van der Waals surface area contributed by atoms with Gasteiger partial charge in [-0.15, -0.1) is 0 Å². The van der Waals surface area contributed by atoms with Gasteiger partial charge in [0, 0.05) is 29.3 Å². The summed E-state index contributed by atoms with van der Waals surface area (Å²) in [6.45, 7) is 2.75. The predicted octanol–water partition coefficient (Wildman–Crippen LogP) is 4.39. The van der Waals surface area contributed by atoms with E-state index in [1.165, 1.54) is 25.5 Å². The van der Waals surface area contributed by atoms with E-state index in [4.69, 9.17) is 9.15 Å². The fourth-order valence-corrected chi connectivity index (χ4v) is 4.85. The number of nitrogens with one attached hydrogen (secondary N) is 2. The van der Waals surface area contributed by atoms with Crippen molar-refractivity contribution in [2.24, 2.45) is 5.41 Å². The number of carbonyl (C=O) groups excluding carboxylic acids is 2. The lowest BCUT2D eigenvalue weighted by molar-refractivity contribution is -0.146. The van der Waals surface area contributed by atoms with E-state index >= 15 is 0 Å². The first-order valence-corrected chi connectivity index (χ1v) is 10.5. The highest BCUT2D eigenvalue weighted by atomic mass is 16.5. The van der Waals surface area contributed by atoms with Crippen molar-refractivity contribution in [2.45, 2.75) is 57.6 Å². The summed E-state index contributed by atoms with van der Waals surface area (Å²) in [4.78, 5) is 25.1. The number of rotatable bonds is 6. The van der Waals surface area contributed by atoms with Crippen LogP contribution in [-0.4, -0.2) is 30.6 Å². The van der Waals surface area contributed by atoms with Gasteiger partial charge in [0.15, 0.2) is 5.76 Å². The van der Waals surface area contributed by atoms with Crippen LogP contribution in [0.15, 0.2) is 47.1 Å².